The molecule has 0 aromatic carbocycles. The van der Waals surface area contributed by atoms with Gasteiger partial charge >= 0.3 is 0 Å². The van der Waals surface area contributed by atoms with Gasteiger partial charge in [-0.3, -0.25) is 0 Å². The molecule has 1 heteroatoms. The Morgan fingerprint density at radius 2 is 1.12 bits per heavy atom. The molecule has 0 bridgehead atoms. The lowest BCUT2D eigenvalue weighted by Gasteiger charge is -2.47. The van der Waals surface area contributed by atoms with Crippen molar-refractivity contribution in [3.05, 3.63) is 0 Å². The van der Waals surface area contributed by atoms with Crippen molar-refractivity contribution >= 4 is 0 Å². The zero-order valence-electron chi connectivity index (χ0n) is 18.3. The van der Waals surface area contributed by atoms with Crippen molar-refractivity contribution < 1.29 is 4.48 Å². The minimum absolute atomic E-state index is 0.943. The van der Waals surface area contributed by atoms with Gasteiger partial charge in [0.05, 0.1) is 26.2 Å². The molecule has 0 aliphatic carbocycles. The largest absolute Gasteiger partial charge is 0.323 e. The van der Waals surface area contributed by atoms with Crippen LogP contribution in [0, 0.1) is 11.8 Å². The molecule has 150 valence electrons. The van der Waals surface area contributed by atoms with Crippen molar-refractivity contribution in [2.45, 2.75) is 118 Å². The fraction of sp³-hybridized carbons (Fsp3) is 1.00. The molecule has 0 N–H and O–H groups in total. The molecule has 0 aromatic heterocycles. The van der Waals surface area contributed by atoms with Gasteiger partial charge in [0.25, 0.3) is 0 Å². The zero-order chi connectivity index (χ0) is 18.4. The minimum Gasteiger partial charge on any atom is -0.323 e. The van der Waals surface area contributed by atoms with E-state index < -0.39 is 0 Å². The molecule has 1 saturated heterocycles. The highest BCUT2D eigenvalue weighted by atomic mass is 15.4. The van der Waals surface area contributed by atoms with Crippen molar-refractivity contribution in [2.24, 2.45) is 11.8 Å². The molecule has 1 nitrogen and oxygen atoms in total. The number of unbranched alkanes of at least 4 members (excludes halogenated alkanes) is 10. The van der Waals surface area contributed by atoms with Crippen molar-refractivity contribution in [3.63, 3.8) is 0 Å². The van der Waals surface area contributed by atoms with Crippen LogP contribution in [-0.2, 0) is 0 Å². The van der Waals surface area contributed by atoms with E-state index in [1.807, 2.05) is 0 Å². The SMILES string of the molecule is CCCCCCCC[N+]1(CCCCCCCC)CC(C)CC(CC)C1. The summed E-state index contributed by atoms with van der Waals surface area (Å²) in [5.41, 5.74) is 0. The zero-order valence-corrected chi connectivity index (χ0v) is 18.3. The summed E-state index contributed by atoms with van der Waals surface area (Å²) in [4.78, 5) is 0. The summed E-state index contributed by atoms with van der Waals surface area (Å²) in [6.45, 7) is 15.5. The summed E-state index contributed by atoms with van der Waals surface area (Å²) in [5.74, 6) is 1.93. The highest BCUT2D eigenvalue weighted by Crippen LogP contribution is 2.31. The van der Waals surface area contributed by atoms with Crippen LogP contribution >= 0.6 is 0 Å². The third-order valence-corrected chi connectivity index (χ3v) is 6.63. The standard InChI is InChI=1S/C24H50N/c1-5-8-10-12-14-16-18-25(19-17-15-13-11-9-6-2)21-23(4)20-24(7-3)22-25/h23-24H,5-22H2,1-4H3/q+1. The van der Waals surface area contributed by atoms with Crippen LogP contribution in [0.5, 0.6) is 0 Å². The fourth-order valence-electron chi connectivity index (χ4n) is 5.23. The summed E-state index contributed by atoms with van der Waals surface area (Å²) >= 11 is 0. The van der Waals surface area contributed by atoms with Crippen LogP contribution in [0.3, 0.4) is 0 Å². The van der Waals surface area contributed by atoms with Gasteiger partial charge in [0.1, 0.15) is 0 Å². The van der Waals surface area contributed by atoms with Gasteiger partial charge in [0, 0.05) is 11.8 Å². The Bertz CT molecular complexity index is 282. The Balaban J connectivity index is 2.42. The molecule has 0 aromatic rings. The highest BCUT2D eigenvalue weighted by molar-refractivity contribution is 4.70. The second-order valence-electron chi connectivity index (χ2n) is 9.30. The van der Waals surface area contributed by atoms with Gasteiger partial charge in [0.15, 0.2) is 0 Å². The van der Waals surface area contributed by atoms with E-state index in [-0.39, 0.29) is 0 Å². The second-order valence-corrected chi connectivity index (χ2v) is 9.30. The van der Waals surface area contributed by atoms with Crippen LogP contribution in [-0.4, -0.2) is 30.7 Å². The number of hydrogen-bond acceptors (Lipinski definition) is 0. The maximum absolute atomic E-state index is 2.53. The Morgan fingerprint density at radius 1 is 0.640 bits per heavy atom. The Labute approximate surface area is 160 Å². The molecule has 2 atom stereocenters. The first kappa shape index (κ1) is 23.0. The molecule has 1 aliphatic heterocycles. The molecule has 1 aliphatic rings. The summed E-state index contributed by atoms with van der Waals surface area (Å²) in [5, 5.41) is 0. The van der Waals surface area contributed by atoms with E-state index in [1.54, 1.807) is 0 Å². The van der Waals surface area contributed by atoms with E-state index >= 15 is 0 Å². The lowest BCUT2D eigenvalue weighted by molar-refractivity contribution is -0.939. The average Bonchev–Trinajstić information content (AvgIpc) is 2.60. The van der Waals surface area contributed by atoms with Gasteiger partial charge in [-0.1, -0.05) is 79.1 Å². The molecule has 1 rings (SSSR count). The number of likely N-dealkylation sites (tertiary alicyclic amines) is 1. The van der Waals surface area contributed by atoms with Gasteiger partial charge in [-0.25, -0.2) is 0 Å². The smallest absolute Gasteiger partial charge is 0.0815 e. The monoisotopic (exact) mass is 352 g/mol. The van der Waals surface area contributed by atoms with Crippen molar-refractivity contribution in [3.8, 4) is 0 Å². The number of rotatable bonds is 15. The minimum atomic E-state index is 0.943. The van der Waals surface area contributed by atoms with Crippen LogP contribution in [0.4, 0.5) is 0 Å². The van der Waals surface area contributed by atoms with E-state index in [2.05, 4.69) is 27.7 Å². The molecule has 0 amide bonds. The van der Waals surface area contributed by atoms with Gasteiger partial charge in [-0.05, 0) is 38.5 Å². The topological polar surface area (TPSA) is 0 Å². The molecule has 0 saturated carbocycles. The average molecular weight is 353 g/mol. The molecular weight excluding hydrogens is 302 g/mol. The van der Waals surface area contributed by atoms with E-state index in [0.717, 1.165) is 11.8 Å². The van der Waals surface area contributed by atoms with Crippen molar-refractivity contribution in [1.82, 2.24) is 0 Å². The molecular formula is C24H50N+. The number of nitrogens with zero attached hydrogens (tertiary/aromatic N) is 1. The molecule has 1 fully saturated rings. The summed E-state index contributed by atoms with van der Waals surface area (Å²) in [7, 11) is 0. The van der Waals surface area contributed by atoms with E-state index in [0.29, 0.717) is 0 Å². The van der Waals surface area contributed by atoms with Crippen LogP contribution in [0.1, 0.15) is 118 Å². The van der Waals surface area contributed by atoms with Gasteiger partial charge < -0.3 is 4.48 Å². The first-order valence-corrected chi connectivity index (χ1v) is 12.0. The molecule has 0 spiro atoms. The number of piperidine rings is 1. The van der Waals surface area contributed by atoms with E-state index in [1.165, 1.54) is 121 Å². The van der Waals surface area contributed by atoms with Gasteiger partial charge in [-0.2, -0.15) is 0 Å². The Kier molecular flexibility index (Phi) is 12.9. The van der Waals surface area contributed by atoms with Crippen LogP contribution in [0.25, 0.3) is 0 Å². The molecule has 2 unspecified atom stereocenters. The maximum atomic E-state index is 2.53. The molecule has 0 radical (unpaired) electrons. The Hall–Kier alpha value is -0.0400. The normalized spacial score (nSPS) is 23.0. The summed E-state index contributed by atoms with van der Waals surface area (Å²) < 4.78 is 1.47. The van der Waals surface area contributed by atoms with Crippen molar-refractivity contribution in [2.75, 3.05) is 26.2 Å². The van der Waals surface area contributed by atoms with E-state index in [9.17, 15) is 0 Å². The van der Waals surface area contributed by atoms with E-state index in [4.69, 9.17) is 0 Å². The summed E-state index contributed by atoms with van der Waals surface area (Å²) in [6, 6.07) is 0. The first-order valence-electron chi connectivity index (χ1n) is 12.0. The van der Waals surface area contributed by atoms with Crippen LogP contribution < -0.4 is 0 Å². The van der Waals surface area contributed by atoms with Crippen LogP contribution in [0.15, 0.2) is 0 Å². The molecule has 1 heterocycles. The lowest BCUT2D eigenvalue weighted by atomic mass is 9.86. The molecule has 25 heavy (non-hydrogen) atoms. The summed E-state index contributed by atoms with van der Waals surface area (Å²) in [6.07, 6.45) is 20.3. The second kappa shape index (κ2) is 14.1. The third kappa shape index (κ3) is 10.0. The van der Waals surface area contributed by atoms with Crippen LogP contribution in [0.2, 0.25) is 0 Å². The maximum Gasteiger partial charge on any atom is 0.0815 e. The number of quaternary nitrogens is 1. The Morgan fingerprint density at radius 3 is 1.60 bits per heavy atom. The van der Waals surface area contributed by atoms with Gasteiger partial charge in [0.2, 0.25) is 0 Å². The predicted molar refractivity (Wildman–Crippen MR) is 114 cm³/mol. The lowest BCUT2D eigenvalue weighted by Crippen LogP contribution is -2.57. The van der Waals surface area contributed by atoms with Crippen molar-refractivity contribution in [1.29, 1.82) is 0 Å². The number of hydrogen-bond donors (Lipinski definition) is 0. The fourth-order valence-corrected chi connectivity index (χ4v) is 5.23. The first-order chi connectivity index (χ1) is 12.2. The van der Waals surface area contributed by atoms with Gasteiger partial charge in [-0.15, -0.1) is 0 Å². The highest BCUT2D eigenvalue weighted by Gasteiger charge is 2.36. The quantitative estimate of drug-likeness (QED) is 0.210. The predicted octanol–water partition coefficient (Wildman–Crippen LogP) is 7.59. The third-order valence-electron chi connectivity index (χ3n) is 6.63.